The van der Waals surface area contributed by atoms with Crippen LogP contribution in [0.5, 0.6) is 0 Å². The topological polar surface area (TPSA) is 29.1 Å². The lowest BCUT2D eigenvalue weighted by atomic mass is 9.92. The highest BCUT2D eigenvalue weighted by atomic mass is 16.1. The van der Waals surface area contributed by atoms with Gasteiger partial charge in [-0.3, -0.25) is 4.79 Å². The van der Waals surface area contributed by atoms with Crippen molar-refractivity contribution in [3.63, 3.8) is 0 Å². The summed E-state index contributed by atoms with van der Waals surface area (Å²) in [5, 5.41) is 3.29. The van der Waals surface area contributed by atoms with E-state index in [0.29, 0.717) is 0 Å². The Morgan fingerprint density at radius 3 is 2.56 bits per heavy atom. The molecule has 0 saturated carbocycles. The summed E-state index contributed by atoms with van der Waals surface area (Å²) in [5.74, 6) is 0.0841. The van der Waals surface area contributed by atoms with Crippen LogP contribution in [0, 0.1) is 5.41 Å². The van der Waals surface area contributed by atoms with E-state index in [1.165, 1.54) is 0 Å². The smallest absolute Gasteiger partial charge is 0.187 e. The van der Waals surface area contributed by atoms with Gasteiger partial charge in [0.2, 0.25) is 0 Å². The van der Waals surface area contributed by atoms with Gasteiger partial charge in [0, 0.05) is 23.9 Å². The second-order valence-electron chi connectivity index (χ2n) is 5.09. The van der Waals surface area contributed by atoms with Crippen LogP contribution >= 0.6 is 0 Å². The summed E-state index contributed by atoms with van der Waals surface area (Å²) in [6.45, 7) is 5.35. The first-order chi connectivity index (χ1) is 7.57. The first kappa shape index (κ1) is 10.9. The summed E-state index contributed by atoms with van der Waals surface area (Å²) in [6, 6.07) is 9.38. The van der Waals surface area contributed by atoms with Crippen molar-refractivity contribution in [3.05, 3.63) is 47.7 Å². The van der Waals surface area contributed by atoms with Gasteiger partial charge in [0.1, 0.15) is 0 Å². The van der Waals surface area contributed by atoms with Crippen LogP contribution in [0.2, 0.25) is 0 Å². The molecule has 0 aromatic heterocycles. The minimum atomic E-state index is 0.0841. The lowest BCUT2D eigenvalue weighted by molar-refractivity contribution is 0.104. The summed E-state index contributed by atoms with van der Waals surface area (Å²) >= 11 is 0. The molecule has 1 aromatic rings. The lowest BCUT2D eigenvalue weighted by Crippen LogP contribution is -2.15. The van der Waals surface area contributed by atoms with Crippen molar-refractivity contribution in [1.82, 2.24) is 5.32 Å². The third-order valence-corrected chi connectivity index (χ3v) is 2.83. The Morgan fingerprint density at radius 2 is 2.00 bits per heavy atom. The van der Waals surface area contributed by atoms with Crippen LogP contribution in [0.1, 0.15) is 30.6 Å². The third-order valence-electron chi connectivity index (χ3n) is 2.83. The molecular weight excluding hydrogens is 198 g/mol. The number of hydrogen-bond acceptors (Lipinski definition) is 2. The zero-order valence-corrected chi connectivity index (χ0v) is 9.79. The minimum Gasteiger partial charge on any atom is -0.388 e. The quantitative estimate of drug-likeness (QED) is 0.607. The van der Waals surface area contributed by atoms with E-state index in [1.807, 2.05) is 30.3 Å². The van der Waals surface area contributed by atoms with Crippen molar-refractivity contribution in [2.45, 2.75) is 20.3 Å². The number of benzene rings is 1. The van der Waals surface area contributed by atoms with Crippen LogP contribution in [-0.2, 0) is 0 Å². The van der Waals surface area contributed by atoms with Crippen LogP contribution in [0.25, 0.3) is 0 Å². The molecule has 0 amide bonds. The molecule has 1 N–H and O–H groups in total. The molecule has 1 saturated heterocycles. The Kier molecular flexibility index (Phi) is 2.82. The van der Waals surface area contributed by atoms with Gasteiger partial charge >= 0.3 is 0 Å². The molecule has 16 heavy (non-hydrogen) atoms. The van der Waals surface area contributed by atoms with Gasteiger partial charge in [0.05, 0.1) is 0 Å². The largest absolute Gasteiger partial charge is 0.388 e. The Morgan fingerprint density at radius 1 is 1.31 bits per heavy atom. The summed E-state index contributed by atoms with van der Waals surface area (Å²) < 4.78 is 0. The van der Waals surface area contributed by atoms with E-state index in [2.05, 4.69) is 19.2 Å². The lowest BCUT2D eigenvalue weighted by Gasteiger charge is -2.12. The monoisotopic (exact) mass is 215 g/mol. The van der Waals surface area contributed by atoms with E-state index in [4.69, 9.17) is 0 Å². The average Bonchev–Trinajstić information content (AvgIpc) is 2.59. The summed E-state index contributed by atoms with van der Waals surface area (Å²) in [7, 11) is 0. The molecule has 1 fully saturated rings. The van der Waals surface area contributed by atoms with E-state index in [0.717, 1.165) is 24.2 Å². The second-order valence-corrected chi connectivity index (χ2v) is 5.09. The predicted octanol–water partition coefficient (Wildman–Crippen LogP) is 2.77. The van der Waals surface area contributed by atoms with Gasteiger partial charge in [0.25, 0.3) is 0 Å². The summed E-state index contributed by atoms with van der Waals surface area (Å²) in [5.41, 5.74) is 2.07. The maximum absolute atomic E-state index is 11.9. The predicted molar refractivity (Wildman–Crippen MR) is 65.3 cm³/mol. The van der Waals surface area contributed by atoms with Crippen molar-refractivity contribution >= 4 is 5.78 Å². The van der Waals surface area contributed by atoms with Crippen LogP contribution < -0.4 is 5.32 Å². The van der Waals surface area contributed by atoms with Gasteiger partial charge in [-0.05, 0) is 11.8 Å². The Balaban J connectivity index is 2.11. The molecule has 0 spiro atoms. The minimum absolute atomic E-state index is 0.0841. The first-order valence-corrected chi connectivity index (χ1v) is 5.61. The Bertz CT molecular complexity index is 418. The van der Waals surface area contributed by atoms with Gasteiger partial charge in [-0.2, -0.15) is 0 Å². The van der Waals surface area contributed by atoms with Crippen molar-refractivity contribution in [2.75, 3.05) is 6.54 Å². The third kappa shape index (κ3) is 2.51. The van der Waals surface area contributed by atoms with Gasteiger partial charge in [0.15, 0.2) is 5.78 Å². The molecule has 0 bridgehead atoms. The molecule has 1 heterocycles. The highest BCUT2D eigenvalue weighted by Gasteiger charge is 2.26. The fourth-order valence-corrected chi connectivity index (χ4v) is 1.94. The normalized spacial score (nSPS) is 20.8. The average molecular weight is 215 g/mol. The van der Waals surface area contributed by atoms with Crippen LogP contribution in [0.4, 0.5) is 0 Å². The van der Waals surface area contributed by atoms with Crippen LogP contribution in [0.15, 0.2) is 42.1 Å². The molecule has 0 radical (unpaired) electrons. The molecular formula is C14H17NO. The standard InChI is InChI=1S/C14H17NO/c1-14(2)9-12(15-10-14)8-13(16)11-6-4-3-5-7-11/h3-8,15H,9-10H2,1-2H3. The number of hydrogen-bond donors (Lipinski definition) is 1. The van der Waals surface area contributed by atoms with E-state index in [-0.39, 0.29) is 11.2 Å². The molecule has 0 unspecified atom stereocenters. The van der Waals surface area contributed by atoms with Crippen molar-refractivity contribution < 1.29 is 4.79 Å². The van der Waals surface area contributed by atoms with Crippen molar-refractivity contribution in [1.29, 1.82) is 0 Å². The molecule has 2 rings (SSSR count). The van der Waals surface area contributed by atoms with E-state index in [1.54, 1.807) is 6.08 Å². The number of rotatable bonds is 2. The molecule has 0 aliphatic carbocycles. The second kappa shape index (κ2) is 4.12. The highest BCUT2D eigenvalue weighted by molar-refractivity contribution is 6.04. The van der Waals surface area contributed by atoms with Crippen LogP contribution in [0.3, 0.4) is 0 Å². The number of carbonyl (C=O) groups is 1. The van der Waals surface area contributed by atoms with E-state index >= 15 is 0 Å². The van der Waals surface area contributed by atoms with Gasteiger partial charge < -0.3 is 5.32 Å². The highest BCUT2D eigenvalue weighted by Crippen LogP contribution is 2.29. The fourth-order valence-electron chi connectivity index (χ4n) is 1.94. The number of carbonyl (C=O) groups excluding carboxylic acids is 1. The zero-order chi connectivity index (χ0) is 11.6. The molecule has 1 aliphatic rings. The van der Waals surface area contributed by atoms with Gasteiger partial charge in [-0.25, -0.2) is 0 Å². The SMILES string of the molecule is CC1(C)CNC(=CC(=O)c2ccccc2)C1. The molecule has 1 aromatic carbocycles. The molecule has 2 nitrogen and oxygen atoms in total. The van der Waals surface area contributed by atoms with E-state index < -0.39 is 0 Å². The molecule has 2 heteroatoms. The maximum atomic E-state index is 11.9. The molecule has 0 atom stereocenters. The van der Waals surface area contributed by atoms with Gasteiger partial charge in [-0.1, -0.05) is 44.2 Å². The Labute approximate surface area is 96.4 Å². The fraction of sp³-hybridized carbons (Fsp3) is 0.357. The molecule has 84 valence electrons. The van der Waals surface area contributed by atoms with Gasteiger partial charge in [-0.15, -0.1) is 0 Å². The summed E-state index contributed by atoms with van der Waals surface area (Å²) in [6.07, 6.45) is 2.68. The van der Waals surface area contributed by atoms with Crippen molar-refractivity contribution in [2.24, 2.45) is 5.41 Å². The molecule has 1 aliphatic heterocycles. The first-order valence-electron chi connectivity index (χ1n) is 5.61. The summed E-state index contributed by atoms with van der Waals surface area (Å²) in [4.78, 5) is 11.9. The maximum Gasteiger partial charge on any atom is 0.187 e. The van der Waals surface area contributed by atoms with Crippen LogP contribution in [-0.4, -0.2) is 12.3 Å². The zero-order valence-electron chi connectivity index (χ0n) is 9.79. The number of ketones is 1. The van der Waals surface area contributed by atoms with E-state index in [9.17, 15) is 4.79 Å². The number of allylic oxidation sites excluding steroid dienone is 2. The van der Waals surface area contributed by atoms with Crippen molar-refractivity contribution in [3.8, 4) is 0 Å². The number of nitrogens with one attached hydrogen (secondary N) is 1. The Hall–Kier alpha value is -1.57.